The zero-order valence-corrected chi connectivity index (χ0v) is 17.3. The van der Waals surface area contributed by atoms with E-state index in [2.05, 4.69) is 48.0 Å². The summed E-state index contributed by atoms with van der Waals surface area (Å²) in [6.45, 7) is 5.42. The van der Waals surface area contributed by atoms with E-state index in [4.69, 9.17) is 0 Å². The molecule has 1 aromatic carbocycles. The molecular weight excluding hydrogens is 398 g/mol. The van der Waals surface area contributed by atoms with E-state index in [1.807, 2.05) is 12.1 Å². The summed E-state index contributed by atoms with van der Waals surface area (Å²) in [5, 5.41) is 0. The Labute approximate surface area is 160 Å². The molecule has 3 nitrogen and oxygen atoms in total. The van der Waals surface area contributed by atoms with E-state index in [-0.39, 0.29) is 0 Å². The van der Waals surface area contributed by atoms with Crippen LogP contribution in [0.25, 0.3) is 0 Å². The van der Waals surface area contributed by atoms with Crippen LogP contribution >= 0.6 is 15.9 Å². The summed E-state index contributed by atoms with van der Waals surface area (Å²) in [7, 11) is -3.38. The Bertz CT molecular complexity index is 757. The maximum absolute atomic E-state index is 12.9. The topological polar surface area (TPSA) is 37.4 Å². The minimum Gasteiger partial charge on any atom is -0.207 e. The van der Waals surface area contributed by atoms with Gasteiger partial charge < -0.3 is 0 Å². The number of piperidine rings is 1. The lowest BCUT2D eigenvalue weighted by molar-refractivity contribution is 0.248. The molecule has 0 amide bonds. The van der Waals surface area contributed by atoms with Crippen molar-refractivity contribution >= 4 is 26.0 Å². The van der Waals surface area contributed by atoms with E-state index in [1.165, 1.54) is 10.0 Å². The second-order valence-electron chi connectivity index (χ2n) is 7.24. The molecule has 1 aliphatic carbocycles. The number of hydrogen-bond acceptors (Lipinski definition) is 2. The van der Waals surface area contributed by atoms with Crippen LogP contribution in [0, 0.1) is 11.8 Å². The fourth-order valence-corrected chi connectivity index (χ4v) is 5.85. The van der Waals surface area contributed by atoms with Crippen molar-refractivity contribution in [3.63, 3.8) is 0 Å². The first-order chi connectivity index (χ1) is 11.9. The lowest BCUT2D eigenvalue weighted by Gasteiger charge is -2.35. The van der Waals surface area contributed by atoms with E-state index in [9.17, 15) is 8.42 Å². The summed E-state index contributed by atoms with van der Waals surface area (Å²) in [6, 6.07) is 7.36. The molecule has 1 atom stereocenters. The Kier molecular flexibility index (Phi) is 5.86. The number of nitrogens with zero attached hydrogens (tertiary/aromatic N) is 1. The van der Waals surface area contributed by atoms with Crippen molar-refractivity contribution in [1.29, 1.82) is 0 Å². The van der Waals surface area contributed by atoms with Crippen molar-refractivity contribution < 1.29 is 8.42 Å². The molecule has 1 unspecified atom stereocenters. The molecule has 25 heavy (non-hydrogen) atoms. The van der Waals surface area contributed by atoms with Gasteiger partial charge in [0.25, 0.3) is 0 Å². The summed E-state index contributed by atoms with van der Waals surface area (Å²) >= 11 is 3.68. The normalized spacial score (nSPS) is 23.0. The largest absolute Gasteiger partial charge is 0.243 e. The molecule has 0 aromatic heterocycles. The van der Waals surface area contributed by atoms with E-state index < -0.39 is 10.0 Å². The highest BCUT2D eigenvalue weighted by Crippen LogP contribution is 2.37. The molecule has 136 valence electrons. The standard InChI is InChI=1S/C20H26BrNO2S/c1-15(2)16-7-9-18(10-8-16)25(23,24)22-13-11-17(12-14-22)19-5-3-4-6-20(19)21/h3,5-10,15,17,19H,4,11-14H2,1-2H3. The van der Waals surface area contributed by atoms with Gasteiger partial charge in [0.15, 0.2) is 0 Å². The minimum absolute atomic E-state index is 0.405. The molecule has 1 aliphatic heterocycles. The van der Waals surface area contributed by atoms with Gasteiger partial charge in [-0.2, -0.15) is 4.31 Å². The molecule has 0 radical (unpaired) electrons. The SMILES string of the molecule is CC(C)c1ccc(S(=O)(=O)N2CCC(C3C=CCC=C3Br)CC2)cc1. The van der Waals surface area contributed by atoms with Gasteiger partial charge in [0.1, 0.15) is 0 Å². The predicted octanol–water partition coefficient (Wildman–Crippen LogP) is 5.07. The van der Waals surface area contributed by atoms with Crippen LogP contribution in [0.5, 0.6) is 0 Å². The highest BCUT2D eigenvalue weighted by atomic mass is 79.9. The fourth-order valence-electron chi connectivity index (χ4n) is 3.67. The summed E-state index contributed by atoms with van der Waals surface area (Å²) in [4.78, 5) is 0.411. The first kappa shape index (κ1) is 18.9. The zero-order valence-electron chi connectivity index (χ0n) is 14.9. The van der Waals surface area contributed by atoms with E-state index in [1.54, 1.807) is 16.4 Å². The quantitative estimate of drug-likeness (QED) is 0.634. The predicted molar refractivity (Wildman–Crippen MR) is 106 cm³/mol. The second-order valence-corrected chi connectivity index (χ2v) is 10.1. The lowest BCUT2D eigenvalue weighted by atomic mass is 9.83. The molecule has 5 heteroatoms. The Morgan fingerprint density at radius 3 is 2.32 bits per heavy atom. The van der Waals surface area contributed by atoms with Gasteiger partial charge in [-0.15, -0.1) is 0 Å². The van der Waals surface area contributed by atoms with Crippen molar-refractivity contribution in [2.24, 2.45) is 11.8 Å². The Morgan fingerprint density at radius 2 is 1.76 bits per heavy atom. The average Bonchev–Trinajstić information content (AvgIpc) is 2.62. The van der Waals surface area contributed by atoms with E-state index in [0.29, 0.717) is 35.7 Å². The Hall–Kier alpha value is -0.910. The van der Waals surface area contributed by atoms with Crippen molar-refractivity contribution in [2.75, 3.05) is 13.1 Å². The van der Waals surface area contributed by atoms with Crippen LogP contribution in [-0.4, -0.2) is 25.8 Å². The van der Waals surface area contributed by atoms with Gasteiger partial charge in [-0.05, 0) is 53.3 Å². The molecule has 0 bridgehead atoms. The zero-order chi connectivity index (χ0) is 18.0. The third-order valence-corrected chi connectivity index (χ3v) is 8.07. The highest BCUT2D eigenvalue weighted by molar-refractivity contribution is 9.11. The molecule has 0 spiro atoms. The molecule has 2 aliphatic rings. The van der Waals surface area contributed by atoms with Crippen LogP contribution in [0.4, 0.5) is 0 Å². The number of benzene rings is 1. The molecule has 1 fully saturated rings. The van der Waals surface area contributed by atoms with Crippen LogP contribution < -0.4 is 0 Å². The van der Waals surface area contributed by atoms with E-state index in [0.717, 1.165) is 19.3 Å². The van der Waals surface area contributed by atoms with Gasteiger partial charge in [-0.3, -0.25) is 0 Å². The maximum Gasteiger partial charge on any atom is 0.243 e. The molecule has 0 N–H and O–H groups in total. The van der Waals surface area contributed by atoms with Crippen molar-refractivity contribution in [2.45, 2.75) is 43.9 Å². The van der Waals surface area contributed by atoms with Crippen LogP contribution in [0.15, 0.2) is 51.9 Å². The van der Waals surface area contributed by atoms with Gasteiger partial charge in [-0.1, -0.05) is 60.1 Å². The summed E-state index contributed by atoms with van der Waals surface area (Å²) in [6.07, 6.45) is 9.47. The fraction of sp³-hybridized carbons (Fsp3) is 0.500. The lowest BCUT2D eigenvalue weighted by Crippen LogP contribution is -2.40. The van der Waals surface area contributed by atoms with Crippen LogP contribution in [-0.2, 0) is 10.0 Å². The van der Waals surface area contributed by atoms with Gasteiger partial charge in [0.05, 0.1) is 4.90 Å². The summed E-state index contributed by atoms with van der Waals surface area (Å²) in [5.74, 6) is 1.32. The van der Waals surface area contributed by atoms with Gasteiger partial charge in [0, 0.05) is 19.0 Å². The van der Waals surface area contributed by atoms with Crippen molar-refractivity contribution in [1.82, 2.24) is 4.31 Å². The molecule has 3 rings (SSSR count). The maximum atomic E-state index is 12.9. The minimum atomic E-state index is -3.38. The third-order valence-electron chi connectivity index (χ3n) is 5.30. The van der Waals surface area contributed by atoms with E-state index >= 15 is 0 Å². The van der Waals surface area contributed by atoms with Gasteiger partial charge >= 0.3 is 0 Å². The van der Waals surface area contributed by atoms with Crippen LogP contribution in [0.3, 0.4) is 0 Å². The van der Waals surface area contributed by atoms with Crippen LogP contribution in [0.1, 0.15) is 44.6 Å². The highest BCUT2D eigenvalue weighted by Gasteiger charge is 2.33. The van der Waals surface area contributed by atoms with Gasteiger partial charge in [-0.25, -0.2) is 8.42 Å². The van der Waals surface area contributed by atoms with Gasteiger partial charge in [0.2, 0.25) is 10.0 Å². The summed E-state index contributed by atoms with van der Waals surface area (Å²) < 4.78 is 28.7. The van der Waals surface area contributed by atoms with Crippen LogP contribution in [0.2, 0.25) is 0 Å². The second kappa shape index (κ2) is 7.77. The molecule has 1 saturated heterocycles. The monoisotopic (exact) mass is 423 g/mol. The third kappa shape index (κ3) is 4.09. The van der Waals surface area contributed by atoms with Crippen molar-refractivity contribution in [3.05, 3.63) is 52.5 Å². The number of allylic oxidation sites excluding steroid dienone is 4. The Morgan fingerprint density at radius 1 is 1.12 bits per heavy atom. The number of halogens is 1. The first-order valence-electron chi connectivity index (χ1n) is 9.02. The molecule has 0 saturated carbocycles. The summed E-state index contributed by atoms with van der Waals surface area (Å²) in [5.41, 5.74) is 1.17. The molecule has 1 heterocycles. The molecular formula is C20H26BrNO2S. The first-order valence-corrected chi connectivity index (χ1v) is 11.2. The molecule has 1 aromatic rings. The number of hydrogen-bond donors (Lipinski definition) is 0. The number of rotatable bonds is 4. The average molecular weight is 424 g/mol. The number of sulfonamides is 1. The smallest absolute Gasteiger partial charge is 0.207 e. The van der Waals surface area contributed by atoms with Crippen molar-refractivity contribution in [3.8, 4) is 0 Å². The Balaban J connectivity index is 1.68.